The lowest BCUT2D eigenvalue weighted by atomic mass is 10.2. The molecule has 0 unspecified atom stereocenters. The van der Waals surface area contributed by atoms with Crippen LogP contribution in [0, 0.1) is 6.08 Å². The van der Waals surface area contributed by atoms with Gasteiger partial charge in [-0.15, -0.1) is 0 Å². The highest BCUT2D eigenvalue weighted by Crippen LogP contribution is 1.94. The molecule has 0 heterocycles. The van der Waals surface area contributed by atoms with Crippen LogP contribution in [0.5, 0.6) is 0 Å². The molecule has 0 saturated heterocycles. The summed E-state index contributed by atoms with van der Waals surface area (Å²) in [5, 5.41) is 0. The summed E-state index contributed by atoms with van der Waals surface area (Å²) in [6, 6.07) is 0. The molecular weight excluding hydrogens is 144 g/mol. The van der Waals surface area contributed by atoms with Crippen molar-refractivity contribution in [2.24, 2.45) is 0 Å². The molecule has 1 rings (SSSR count). The molecule has 0 fully saturated rings. The smallest absolute Gasteiger partial charge is 0.0187 e. The minimum Gasteiger partial charge on any atom is -0.0842 e. The first-order chi connectivity index (χ1) is 6.00. The molecule has 1 aliphatic carbocycles. The highest BCUT2D eigenvalue weighted by atomic mass is 13.8. The average molecular weight is 157 g/mol. The van der Waals surface area contributed by atoms with Gasteiger partial charge in [0.2, 0.25) is 0 Å². The van der Waals surface area contributed by atoms with E-state index in [1.165, 1.54) is 0 Å². The van der Waals surface area contributed by atoms with Crippen molar-refractivity contribution in [1.29, 1.82) is 0 Å². The minimum atomic E-state index is 1.09. The van der Waals surface area contributed by atoms with Crippen LogP contribution in [0.25, 0.3) is 0 Å². The van der Waals surface area contributed by atoms with Gasteiger partial charge in [0, 0.05) is 0 Å². The Hall–Kier alpha value is -1.30. The summed E-state index contributed by atoms with van der Waals surface area (Å²) in [4.78, 5) is 0. The Morgan fingerprint density at radius 2 is 1.50 bits per heavy atom. The standard InChI is InChI=1S/C12H13/c1-2-4-6-8-10-12-11-9-7-5-3-1/h1-7,11-12H,8,10H2. The maximum atomic E-state index is 3.05. The van der Waals surface area contributed by atoms with Gasteiger partial charge in [0.1, 0.15) is 0 Å². The predicted octanol–water partition coefficient (Wildman–Crippen LogP) is 3.36. The Morgan fingerprint density at radius 1 is 0.750 bits per heavy atom. The van der Waals surface area contributed by atoms with E-state index in [2.05, 4.69) is 24.3 Å². The Bertz CT molecular complexity index is 211. The molecular formula is C12H13. The fraction of sp³-hybridized carbons (Fsp3) is 0.167. The Labute approximate surface area is 74.3 Å². The predicted molar refractivity (Wildman–Crippen MR) is 53.6 cm³/mol. The zero-order valence-corrected chi connectivity index (χ0v) is 7.11. The summed E-state index contributed by atoms with van der Waals surface area (Å²) >= 11 is 0. The molecule has 0 heteroatoms. The normalized spacial score (nSPS) is 17.3. The highest BCUT2D eigenvalue weighted by molar-refractivity contribution is 5.16. The van der Waals surface area contributed by atoms with Gasteiger partial charge in [-0.3, -0.25) is 0 Å². The van der Waals surface area contributed by atoms with Gasteiger partial charge in [-0.05, 0) is 18.9 Å². The molecule has 0 N–H and O–H groups in total. The molecule has 0 aliphatic heterocycles. The van der Waals surface area contributed by atoms with Crippen molar-refractivity contribution >= 4 is 0 Å². The molecule has 61 valence electrons. The SMILES string of the molecule is [C]1=CC=CC=CC=CCCC=C1. The summed E-state index contributed by atoms with van der Waals surface area (Å²) in [6.45, 7) is 0. The first-order valence-corrected chi connectivity index (χ1v) is 4.23. The van der Waals surface area contributed by atoms with E-state index in [-0.39, 0.29) is 0 Å². The molecule has 0 amide bonds. The lowest BCUT2D eigenvalue weighted by molar-refractivity contribution is 1.05. The van der Waals surface area contributed by atoms with Gasteiger partial charge in [0.05, 0.1) is 0 Å². The maximum Gasteiger partial charge on any atom is -0.0187 e. The summed E-state index contributed by atoms with van der Waals surface area (Å²) < 4.78 is 0. The minimum absolute atomic E-state index is 1.09. The van der Waals surface area contributed by atoms with E-state index < -0.39 is 0 Å². The molecule has 0 saturated carbocycles. The van der Waals surface area contributed by atoms with Crippen LogP contribution < -0.4 is 0 Å². The molecule has 0 nitrogen and oxygen atoms in total. The van der Waals surface area contributed by atoms with Crippen molar-refractivity contribution in [3.63, 3.8) is 0 Å². The van der Waals surface area contributed by atoms with Crippen molar-refractivity contribution in [2.45, 2.75) is 12.8 Å². The van der Waals surface area contributed by atoms with Crippen molar-refractivity contribution in [2.75, 3.05) is 0 Å². The first kappa shape index (κ1) is 8.79. The van der Waals surface area contributed by atoms with E-state index in [0.717, 1.165) is 12.8 Å². The van der Waals surface area contributed by atoms with Crippen LogP contribution in [0.1, 0.15) is 12.8 Å². The lowest BCUT2D eigenvalue weighted by Crippen LogP contribution is -1.64. The van der Waals surface area contributed by atoms with Gasteiger partial charge in [0.25, 0.3) is 0 Å². The molecule has 0 spiro atoms. The van der Waals surface area contributed by atoms with Gasteiger partial charge < -0.3 is 0 Å². The number of hydrogen-bond donors (Lipinski definition) is 0. The second kappa shape index (κ2) is 6.41. The molecule has 0 aromatic heterocycles. The van der Waals surface area contributed by atoms with Crippen molar-refractivity contribution in [3.8, 4) is 0 Å². The maximum absolute atomic E-state index is 3.05. The zero-order valence-electron chi connectivity index (χ0n) is 7.11. The Kier molecular flexibility index (Phi) is 4.70. The highest BCUT2D eigenvalue weighted by Gasteiger charge is 1.74. The molecule has 0 atom stereocenters. The number of rotatable bonds is 0. The molecule has 0 aromatic rings. The van der Waals surface area contributed by atoms with Gasteiger partial charge >= 0.3 is 0 Å². The van der Waals surface area contributed by atoms with E-state index in [1.54, 1.807) is 0 Å². The topological polar surface area (TPSA) is 0 Å². The second-order valence-electron chi connectivity index (χ2n) is 2.51. The summed E-state index contributed by atoms with van der Waals surface area (Å²) in [5.74, 6) is 0. The van der Waals surface area contributed by atoms with E-state index in [9.17, 15) is 0 Å². The quantitative estimate of drug-likeness (QED) is 0.505. The van der Waals surface area contributed by atoms with Crippen LogP contribution in [-0.4, -0.2) is 0 Å². The van der Waals surface area contributed by atoms with Crippen LogP contribution in [0.3, 0.4) is 0 Å². The summed E-state index contributed by atoms with van der Waals surface area (Å²) in [5.41, 5.74) is 0. The summed E-state index contributed by atoms with van der Waals surface area (Å²) in [7, 11) is 0. The van der Waals surface area contributed by atoms with E-state index >= 15 is 0 Å². The molecule has 1 aliphatic rings. The van der Waals surface area contributed by atoms with E-state index in [1.807, 2.05) is 36.5 Å². The van der Waals surface area contributed by atoms with Gasteiger partial charge in [-0.2, -0.15) is 0 Å². The van der Waals surface area contributed by atoms with Gasteiger partial charge in [-0.1, -0.05) is 54.7 Å². The second-order valence-corrected chi connectivity index (χ2v) is 2.51. The third-order valence-corrected chi connectivity index (χ3v) is 1.49. The lowest BCUT2D eigenvalue weighted by Gasteiger charge is -1.84. The molecule has 0 aromatic carbocycles. The molecule has 12 heavy (non-hydrogen) atoms. The average Bonchev–Trinajstić information content (AvgIpc) is 2.05. The largest absolute Gasteiger partial charge is 0.0842 e. The third kappa shape index (κ3) is 4.51. The van der Waals surface area contributed by atoms with Gasteiger partial charge in [0.15, 0.2) is 0 Å². The van der Waals surface area contributed by atoms with Crippen LogP contribution in [0.4, 0.5) is 0 Å². The van der Waals surface area contributed by atoms with Crippen LogP contribution in [0.2, 0.25) is 0 Å². The monoisotopic (exact) mass is 157 g/mol. The van der Waals surface area contributed by atoms with E-state index in [0.29, 0.717) is 0 Å². The van der Waals surface area contributed by atoms with Crippen LogP contribution >= 0.6 is 0 Å². The Balaban J connectivity index is 2.55. The molecule has 0 bridgehead atoms. The summed E-state index contributed by atoms with van der Waals surface area (Å²) in [6.07, 6.45) is 23.5. The van der Waals surface area contributed by atoms with Crippen molar-refractivity contribution in [3.05, 3.63) is 60.8 Å². The van der Waals surface area contributed by atoms with Crippen LogP contribution in [0.15, 0.2) is 54.7 Å². The Morgan fingerprint density at radius 3 is 2.50 bits per heavy atom. The fourth-order valence-corrected chi connectivity index (χ4v) is 0.878. The third-order valence-electron chi connectivity index (χ3n) is 1.49. The van der Waals surface area contributed by atoms with Crippen molar-refractivity contribution < 1.29 is 0 Å². The van der Waals surface area contributed by atoms with Gasteiger partial charge in [-0.25, -0.2) is 0 Å². The molecule has 1 radical (unpaired) electrons. The number of allylic oxidation sites excluding steroid dienone is 10. The van der Waals surface area contributed by atoms with E-state index in [4.69, 9.17) is 0 Å². The number of hydrogen-bond acceptors (Lipinski definition) is 0. The zero-order chi connectivity index (χ0) is 8.49. The van der Waals surface area contributed by atoms with Crippen LogP contribution in [-0.2, 0) is 0 Å². The first-order valence-electron chi connectivity index (χ1n) is 4.23. The van der Waals surface area contributed by atoms with Crippen molar-refractivity contribution in [1.82, 2.24) is 0 Å². The fourth-order valence-electron chi connectivity index (χ4n) is 0.878.